The summed E-state index contributed by atoms with van der Waals surface area (Å²) >= 11 is 0. The molecule has 1 saturated carbocycles. The van der Waals surface area contributed by atoms with Crippen molar-refractivity contribution >= 4 is 5.91 Å². The van der Waals surface area contributed by atoms with Crippen molar-refractivity contribution in [1.82, 2.24) is 25.1 Å². The summed E-state index contributed by atoms with van der Waals surface area (Å²) in [4.78, 5) is 14.5. The van der Waals surface area contributed by atoms with Crippen LogP contribution in [0.25, 0.3) is 0 Å². The Hall–Kier alpha value is -2.28. The molecule has 2 fully saturated rings. The zero-order chi connectivity index (χ0) is 16.5. The van der Waals surface area contributed by atoms with Gasteiger partial charge in [0, 0.05) is 5.92 Å². The lowest BCUT2D eigenvalue weighted by Crippen LogP contribution is -2.41. The Kier molecular flexibility index (Phi) is 4.02. The SMILES string of the molecule is O=C(C1CC1)N1[C@H](CO)CC[C@@H]1c1nnnn1Cc1ccccc1. The van der Waals surface area contributed by atoms with Gasteiger partial charge in [-0.3, -0.25) is 4.79 Å². The average molecular weight is 327 g/mol. The zero-order valence-corrected chi connectivity index (χ0v) is 13.5. The number of carbonyl (C=O) groups is 1. The molecule has 0 bridgehead atoms. The van der Waals surface area contributed by atoms with Gasteiger partial charge in [-0.05, 0) is 41.7 Å². The van der Waals surface area contributed by atoms with Crippen LogP contribution < -0.4 is 0 Å². The van der Waals surface area contributed by atoms with Crippen molar-refractivity contribution in [2.24, 2.45) is 5.92 Å². The van der Waals surface area contributed by atoms with E-state index in [9.17, 15) is 9.90 Å². The van der Waals surface area contributed by atoms with E-state index < -0.39 is 0 Å². The van der Waals surface area contributed by atoms with Crippen LogP contribution in [0.4, 0.5) is 0 Å². The van der Waals surface area contributed by atoms with Gasteiger partial charge in [-0.15, -0.1) is 5.10 Å². The Labute approximate surface area is 140 Å². The molecule has 1 amide bonds. The van der Waals surface area contributed by atoms with Gasteiger partial charge in [0.1, 0.15) is 0 Å². The first-order valence-electron chi connectivity index (χ1n) is 8.51. The van der Waals surface area contributed by atoms with E-state index in [4.69, 9.17) is 0 Å². The molecule has 1 aromatic heterocycles. The summed E-state index contributed by atoms with van der Waals surface area (Å²) in [5.74, 6) is 0.979. The fourth-order valence-electron chi connectivity index (χ4n) is 3.51. The first kappa shape index (κ1) is 15.3. The summed E-state index contributed by atoms with van der Waals surface area (Å²) in [5.41, 5.74) is 1.11. The Balaban J connectivity index is 1.60. The molecule has 1 saturated heterocycles. The molecule has 1 N–H and O–H groups in total. The van der Waals surface area contributed by atoms with E-state index in [0.717, 1.165) is 31.2 Å². The zero-order valence-electron chi connectivity index (χ0n) is 13.5. The number of nitrogens with zero attached hydrogens (tertiary/aromatic N) is 5. The van der Waals surface area contributed by atoms with E-state index in [-0.39, 0.29) is 30.5 Å². The molecule has 2 atom stereocenters. The number of aliphatic hydroxyl groups is 1. The highest BCUT2D eigenvalue weighted by molar-refractivity contribution is 5.82. The smallest absolute Gasteiger partial charge is 0.226 e. The lowest BCUT2D eigenvalue weighted by molar-refractivity contribution is -0.136. The maximum Gasteiger partial charge on any atom is 0.226 e. The van der Waals surface area contributed by atoms with Gasteiger partial charge >= 0.3 is 0 Å². The summed E-state index contributed by atoms with van der Waals surface area (Å²) in [7, 11) is 0. The molecule has 0 spiro atoms. The van der Waals surface area contributed by atoms with Crippen LogP contribution in [0.1, 0.15) is 43.1 Å². The number of carbonyl (C=O) groups excluding carboxylic acids is 1. The summed E-state index contributed by atoms with van der Waals surface area (Å²) in [6.45, 7) is 0.574. The third-order valence-corrected chi connectivity index (χ3v) is 4.93. The minimum Gasteiger partial charge on any atom is -0.394 e. The number of hydrogen-bond acceptors (Lipinski definition) is 5. The lowest BCUT2D eigenvalue weighted by atomic mass is 10.2. The van der Waals surface area contributed by atoms with E-state index in [1.54, 1.807) is 4.68 Å². The van der Waals surface area contributed by atoms with Crippen LogP contribution in [0.3, 0.4) is 0 Å². The van der Waals surface area contributed by atoms with Crippen LogP contribution in [-0.4, -0.2) is 48.8 Å². The van der Waals surface area contributed by atoms with Crippen LogP contribution in [0.5, 0.6) is 0 Å². The molecule has 7 nitrogen and oxygen atoms in total. The van der Waals surface area contributed by atoms with Crippen molar-refractivity contribution < 1.29 is 9.90 Å². The Bertz CT molecular complexity index is 713. The number of aromatic nitrogens is 4. The average Bonchev–Trinajstić information content (AvgIpc) is 3.22. The molecular weight excluding hydrogens is 306 g/mol. The standard InChI is InChI=1S/C17H21N5O2/c23-11-14-8-9-15(22(14)17(24)13-6-7-13)16-18-19-20-21(16)10-12-4-2-1-3-5-12/h1-5,13-15,23H,6-11H2/t14-,15+/m0/s1. The van der Waals surface area contributed by atoms with Gasteiger partial charge in [-0.25, -0.2) is 4.68 Å². The Morgan fingerprint density at radius 2 is 1.96 bits per heavy atom. The summed E-state index contributed by atoms with van der Waals surface area (Å²) < 4.78 is 1.77. The van der Waals surface area contributed by atoms with Gasteiger partial charge in [0.2, 0.25) is 5.91 Å². The van der Waals surface area contributed by atoms with Crippen molar-refractivity contribution in [3.63, 3.8) is 0 Å². The lowest BCUT2D eigenvalue weighted by Gasteiger charge is -2.29. The van der Waals surface area contributed by atoms with Crippen LogP contribution in [0.2, 0.25) is 0 Å². The highest BCUT2D eigenvalue weighted by Gasteiger charge is 2.44. The quantitative estimate of drug-likeness (QED) is 0.891. The number of likely N-dealkylation sites (tertiary alicyclic amines) is 1. The maximum atomic E-state index is 12.7. The van der Waals surface area contributed by atoms with Crippen LogP contribution in [0.15, 0.2) is 30.3 Å². The fraction of sp³-hybridized carbons (Fsp3) is 0.529. The van der Waals surface area contributed by atoms with E-state index >= 15 is 0 Å². The molecule has 7 heteroatoms. The number of amides is 1. The number of aliphatic hydroxyl groups excluding tert-OH is 1. The largest absolute Gasteiger partial charge is 0.394 e. The highest BCUT2D eigenvalue weighted by Crippen LogP contribution is 2.40. The molecule has 0 radical (unpaired) electrons. The van der Waals surface area contributed by atoms with Crippen LogP contribution in [0, 0.1) is 5.92 Å². The normalized spacial score (nSPS) is 23.6. The second-order valence-corrected chi connectivity index (χ2v) is 6.63. The van der Waals surface area contributed by atoms with Crippen LogP contribution >= 0.6 is 0 Å². The molecule has 1 aliphatic carbocycles. The fourth-order valence-corrected chi connectivity index (χ4v) is 3.51. The van der Waals surface area contributed by atoms with Gasteiger partial charge in [-0.2, -0.15) is 0 Å². The van der Waals surface area contributed by atoms with Gasteiger partial charge in [-0.1, -0.05) is 30.3 Å². The van der Waals surface area contributed by atoms with Crippen molar-refractivity contribution in [2.75, 3.05) is 6.61 Å². The second kappa shape index (κ2) is 6.32. The third-order valence-electron chi connectivity index (χ3n) is 4.93. The molecule has 2 aliphatic rings. The minimum absolute atomic E-state index is 0.00475. The third kappa shape index (κ3) is 2.80. The molecule has 0 unspecified atom stereocenters. The van der Waals surface area contributed by atoms with E-state index in [1.807, 2.05) is 35.2 Å². The predicted molar refractivity (Wildman–Crippen MR) is 85.8 cm³/mol. The molecule has 126 valence electrons. The molecule has 1 aromatic carbocycles. The second-order valence-electron chi connectivity index (χ2n) is 6.63. The molecule has 1 aliphatic heterocycles. The summed E-state index contributed by atoms with van der Waals surface area (Å²) in [6, 6.07) is 9.74. The van der Waals surface area contributed by atoms with Gasteiger partial charge in [0.15, 0.2) is 5.82 Å². The number of tetrazole rings is 1. The van der Waals surface area contributed by atoms with E-state index in [2.05, 4.69) is 15.5 Å². The van der Waals surface area contributed by atoms with E-state index in [1.165, 1.54) is 0 Å². The monoisotopic (exact) mass is 327 g/mol. The Morgan fingerprint density at radius 1 is 1.17 bits per heavy atom. The summed E-state index contributed by atoms with van der Waals surface area (Å²) in [5, 5.41) is 21.8. The maximum absolute atomic E-state index is 12.7. The van der Waals surface area contributed by atoms with Crippen molar-refractivity contribution in [2.45, 2.75) is 44.3 Å². The van der Waals surface area contributed by atoms with Gasteiger partial charge in [0.25, 0.3) is 0 Å². The van der Waals surface area contributed by atoms with E-state index in [0.29, 0.717) is 12.4 Å². The number of hydrogen-bond donors (Lipinski definition) is 1. The number of rotatable bonds is 5. The molecular formula is C17H21N5O2. The topological polar surface area (TPSA) is 84.1 Å². The highest BCUT2D eigenvalue weighted by atomic mass is 16.3. The van der Waals surface area contributed by atoms with Gasteiger partial charge in [0.05, 0.1) is 25.2 Å². The minimum atomic E-state index is -0.144. The molecule has 2 aromatic rings. The van der Waals surface area contributed by atoms with Crippen LogP contribution in [-0.2, 0) is 11.3 Å². The predicted octanol–water partition coefficient (Wildman–Crippen LogP) is 1.16. The van der Waals surface area contributed by atoms with Gasteiger partial charge < -0.3 is 10.0 Å². The molecule has 24 heavy (non-hydrogen) atoms. The number of benzene rings is 1. The first-order chi connectivity index (χ1) is 11.8. The van der Waals surface area contributed by atoms with Crippen molar-refractivity contribution in [1.29, 1.82) is 0 Å². The molecule has 4 rings (SSSR count). The Morgan fingerprint density at radius 3 is 2.67 bits per heavy atom. The first-order valence-corrected chi connectivity index (χ1v) is 8.51. The summed E-state index contributed by atoms with van der Waals surface area (Å²) in [6.07, 6.45) is 3.49. The van der Waals surface area contributed by atoms with Crippen molar-refractivity contribution in [3.8, 4) is 0 Å². The van der Waals surface area contributed by atoms with Crippen molar-refractivity contribution in [3.05, 3.63) is 41.7 Å². The molecule has 2 heterocycles.